The largest absolute Gasteiger partial charge is 0.255 e. The van der Waals surface area contributed by atoms with Gasteiger partial charge in [-0.05, 0) is 31.2 Å². The second-order valence-corrected chi connectivity index (χ2v) is 5.11. The summed E-state index contributed by atoms with van der Waals surface area (Å²) in [5.74, 6) is -2.97. The van der Waals surface area contributed by atoms with Crippen LogP contribution >= 0.6 is 0 Å². The molecule has 0 bridgehead atoms. The molecule has 0 spiro atoms. The molecule has 2 atom stereocenters. The zero-order chi connectivity index (χ0) is 11.8. The lowest BCUT2D eigenvalue weighted by Gasteiger charge is -2.35. The molecule has 0 radical (unpaired) electrons. The molecule has 1 aliphatic rings. The maximum Gasteiger partial charge on any atom is 0.255 e. The Morgan fingerprint density at radius 1 is 1.25 bits per heavy atom. The normalized spacial score (nSPS) is 29.0. The van der Waals surface area contributed by atoms with E-state index >= 15 is 0 Å². The average Bonchev–Trinajstić information content (AvgIpc) is 2.15. The molecule has 2 unspecified atom stereocenters. The molecule has 0 saturated heterocycles. The highest BCUT2D eigenvalue weighted by atomic mass is 19.3. The minimum Gasteiger partial charge on any atom is -0.206 e. The second kappa shape index (κ2) is 4.15. The predicted molar refractivity (Wildman–Crippen MR) is 61.9 cm³/mol. The Hall–Kier alpha value is -0.920. The van der Waals surface area contributed by atoms with Crippen LogP contribution in [0.4, 0.5) is 8.78 Å². The number of benzene rings is 1. The van der Waals surface area contributed by atoms with E-state index in [-0.39, 0.29) is 12.3 Å². The van der Waals surface area contributed by atoms with Crippen LogP contribution in [0.5, 0.6) is 0 Å². The molecule has 0 N–H and O–H groups in total. The lowest BCUT2D eigenvalue weighted by atomic mass is 9.76. The molecule has 0 aromatic heterocycles. The average molecular weight is 224 g/mol. The van der Waals surface area contributed by atoms with Gasteiger partial charge in [-0.3, -0.25) is 0 Å². The van der Waals surface area contributed by atoms with E-state index in [2.05, 4.69) is 0 Å². The summed E-state index contributed by atoms with van der Waals surface area (Å²) in [4.78, 5) is 0. The Morgan fingerprint density at radius 3 is 2.62 bits per heavy atom. The van der Waals surface area contributed by atoms with Gasteiger partial charge in [0, 0.05) is 12.3 Å². The Morgan fingerprint density at radius 2 is 2.00 bits per heavy atom. The van der Waals surface area contributed by atoms with Gasteiger partial charge >= 0.3 is 0 Å². The standard InChI is InChI=1S/C14H18F2/c1-10-4-3-5-12(8-10)13-7-6-11(2)9-14(13,15)16/h3-5,8,11,13H,6-7,9H2,1-2H3. The second-order valence-electron chi connectivity index (χ2n) is 5.11. The van der Waals surface area contributed by atoms with Crippen LogP contribution in [0.3, 0.4) is 0 Å². The van der Waals surface area contributed by atoms with Crippen molar-refractivity contribution in [3.8, 4) is 0 Å². The van der Waals surface area contributed by atoms with Crippen LogP contribution in [0.15, 0.2) is 24.3 Å². The van der Waals surface area contributed by atoms with Crippen molar-refractivity contribution in [1.82, 2.24) is 0 Å². The number of halogens is 2. The molecule has 2 heteroatoms. The van der Waals surface area contributed by atoms with Gasteiger partial charge in [-0.15, -0.1) is 0 Å². The minimum atomic E-state index is -2.54. The summed E-state index contributed by atoms with van der Waals surface area (Å²) in [6, 6.07) is 7.56. The van der Waals surface area contributed by atoms with E-state index in [4.69, 9.17) is 0 Å². The van der Waals surface area contributed by atoms with Crippen LogP contribution in [-0.4, -0.2) is 5.92 Å². The number of rotatable bonds is 1. The monoisotopic (exact) mass is 224 g/mol. The van der Waals surface area contributed by atoms with Gasteiger partial charge in [-0.1, -0.05) is 36.8 Å². The van der Waals surface area contributed by atoms with Crippen molar-refractivity contribution in [1.29, 1.82) is 0 Å². The molecule has 16 heavy (non-hydrogen) atoms. The van der Waals surface area contributed by atoms with Crippen LogP contribution in [0.1, 0.15) is 43.2 Å². The van der Waals surface area contributed by atoms with Crippen LogP contribution in [-0.2, 0) is 0 Å². The van der Waals surface area contributed by atoms with Gasteiger partial charge < -0.3 is 0 Å². The fourth-order valence-corrected chi connectivity index (χ4v) is 2.67. The Kier molecular flexibility index (Phi) is 3.00. The molecule has 0 amide bonds. The van der Waals surface area contributed by atoms with Gasteiger partial charge in [0.25, 0.3) is 5.92 Å². The fraction of sp³-hybridized carbons (Fsp3) is 0.571. The summed E-state index contributed by atoms with van der Waals surface area (Å²) in [6.07, 6.45) is 1.55. The van der Waals surface area contributed by atoms with E-state index in [0.717, 1.165) is 17.5 Å². The summed E-state index contributed by atoms with van der Waals surface area (Å²) in [5, 5.41) is 0. The Bertz CT molecular complexity index is 371. The molecule has 0 aliphatic heterocycles. The summed E-state index contributed by atoms with van der Waals surface area (Å²) in [5.41, 5.74) is 1.86. The van der Waals surface area contributed by atoms with E-state index in [1.807, 2.05) is 38.1 Å². The van der Waals surface area contributed by atoms with Crippen LogP contribution in [0.25, 0.3) is 0 Å². The fourth-order valence-electron chi connectivity index (χ4n) is 2.67. The van der Waals surface area contributed by atoms with Crippen LogP contribution < -0.4 is 0 Å². The van der Waals surface area contributed by atoms with E-state index in [9.17, 15) is 8.78 Å². The minimum absolute atomic E-state index is 0.0333. The van der Waals surface area contributed by atoms with Gasteiger partial charge in [0.05, 0.1) is 0 Å². The molecular formula is C14H18F2. The summed E-state index contributed by atoms with van der Waals surface area (Å²) < 4.78 is 27.9. The van der Waals surface area contributed by atoms with E-state index < -0.39 is 11.8 Å². The molecule has 1 saturated carbocycles. The molecule has 1 aliphatic carbocycles. The van der Waals surface area contributed by atoms with Crippen molar-refractivity contribution in [3.05, 3.63) is 35.4 Å². The zero-order valence-corrected chi connectivity index (χ0v) is 9.84. The summed E-state index contributed by atoms with van der Waals surface area (Å²) >= 11 is 0. The Balaban J connectivity index is 2.27. The Labute approximate surface area is 95.7 Å². The molecule has 0 nitrogen and oxygen atoms in total. The van der Waals surface area contributed by atoms with Crippen molar-refractivity contribution < 1.29 is 8.78 Å². The van der Waals surface area contributed by atoms with Crippen LogP contribution in [0, 0.1) is 12.8 Å². The van der Waals surface area contributed by atoms with Crippen molar-refractivity contribution in [2.45, 2.75) is 45.0 Å². The third kappa shape index (κ3) is 2.26. The quantitative estimate of drug-likeness (QED) is 0.657. The van der Waals surface area contributed by atoms with E-state index in [1.165, 1.54) is 0 Å². The first kappa shape index (κ1) is 11.6. The SMILES string of the molecule is Cc1cccc(C2CCC(C)CC2(F)F)c1. The highest BCUT2D eigenvalue weighted by molar-refractivity contribution is 5.27. The van der Waals surface area contributed by atoms with Crippen molar-refractivity contribution in [3.63, 3.8) is 0 Å². The van der Waals surface area contributed by atoms with Gasteiger partial charge in [-0.25, -0.2) is 8.78 Å². The molecule has 1 fully saturated rings. The van der Waals surface area contributed by atoms with Gasteiger partial charge in [0.15, 0.2) is 0 Å². The lowest BCUT2D eigenvalue weighted by molar-refractivity contribution is -0.0697. The lowest BCUT2D eigenvalue weighted by Crippen LogP contribution is -2.33. The maximum atomic E-state index is 13.9. The molecule has 0 heterocycles. The van der Waals surface area contributed by atoms with Crippen LogP contribution in [0.2, 0.25) is 0 Å². The number of alkyl halides is 2. The summed E-state index contributed by atoms with van der Waals surface area (Å²) in [7, 11) is 0. The first-order valence-corrected chi connectivity index (χ1v) is 5.93. The molecule has 2 rings (SSSR count). The summed E-state index contributed by atoms with van der Waals surface area (Å²) in [6.45, 7) is 3.87. The topological polar surface area (TPSA) is 0 Å². The van der Waals surface area contributed by atoms with Gasteiger partial charge in [0.2, 0.25) is 0 Å². The smallest absolute Gasteiger partial charge is 0.206 e. The van der Waals surface area contributed by atoms with Gasteiger partial charge in [0.1, 0.15) is 0 Å². The van der Waals surface area contributed by atoms with Crippen molar-refractivity contribution in [2.75, 3.05) is 0 Å². The highest BCUT2D eigenvalue weighted by Gasteiger charge is 2.44. The zero-order valence-electron chi connectivity index (χ0n) is 9.84. The predicted octanol–water partition coefficient (Wildman–Crippen LogP) is 4.53. The van der Waals surface area contributed by atoms with E-state index in [1.54, 1.807) is 0 Å². The number of hydrogen-bond donors (Lipinski definition) is 0. The van der Waals surface area contributed by atoms with Gasteiger partial charge in [-0.2, -0.15) is 0 Å². The third-order valence-corrected chi connectivity index (χ3v) is 3.52. The van der Waals surface area contributed by atoms with Crippen molar-refractivity contribution in [2.24, 2.45) is 5.92 Å². The first-order chi connectivity index (χ1) is 7.49. The molecule has 1 aromatic rings. The first-order valence-electron chi connectivity index (χ1n) is 5.93. The van der Waals surface area contributed by atoms with E-state index in [0.29, 0.717) is 6.42 Å². The highest BCUT2D eigenvalue weighted by Crippen LogP contribution is 2.46. The molecular weight excluding hydrogens is 206 g/mol. The maximum absolute atomic E-state index is 13.9. The molecule has 1 aromatic carbocycles. The number of aryl methyl sites for hydroxylation is 1. The number of hydrogen-bond acceptors (Lipinski definition) is 0. The van der Waals surface area contributed by atoms with Crippen molar-refractivity contribution >= 4 is 0 Å². The molecule has 88 valence electrons. The third-order valence-electron chi connectivity index (χ3n) is 3.52.